The van der Waals surface area contributed by atoms with Crippen LogP contribution in [0.2, 0.25) is 0 Å². The lowest BCUT2D eigenvalue weighted by Gasteiger charge is -2.00. The second-order valence-electron chi connectivity index (χ2n) is 3.69. The minimum Gasteiger partial charge on any atom is -0.0533 e. The third kappa shape index (κ3) is 12.0. The van der Waals surface area contributed by atoms with Crippen LogP contribution in [-0.2, 0) is 0 Å². The first-order valence-corrected chi connectivity index (χ1v) is 5.82. The average molecular weight is 181 g/mol. The second-order valence-corrected chi connectivity index (χ2v) is 3.69. The highest BCUT2D eigenvalue weighted by atomic mass is 14.0. The highest BCUT2D eigenvalue weighted by Gasteiger charge is 1.91. The summed E-state index contributed by atoms with van der Waals surface area (Å²) in [6, 6.07) is 0. The fourth-order valence-electron chi connectivity index (χ4n) is 1.46. The molecule has 0 N–H and O–H groups in total. The molecule has 77 valence electrons. The van der Waals surface area contributed by atoms with Crippen molar-refractivity contribution < 1.29 is 0 Å². The Hall–Kier alpha value is 0. The van der Waals surface area contributed by atoms with E-state index in [4.69, 9.17) is 0 Å². The van der Waals surface area contributed by atoms with E-state index in [0.29, 0.717) is 0 Å². The first-order chi connectivity index (χ1) is 6.41. The number of hydrogen-bond acceptors (Lipinski definition) is 0. The lowest BCUT2D eigenvalue weighted by molar-refractivity contribution is 0.591. The molecule has 0 unspecified atom stereocenters. The van der Waals surface area contributed by atoms with Crippen molar-refractivity contribution in [2.75, 3.05) is 0 Å². The van der Waals surface area contributed by atoms with Crippen LogP contribution in [0.4, 0.5) is 0 Å². The molecular weight excluding hydrogens is 156 g/mol. The van der Waals surface area contributed by atoms with Crippen LogP contribution in [0.15, 0.2) is 0 Å². The first-order valence-electron chi connectivity index (χ1n) is 5.82. The summed E-state index contributed by atoms with van der Waals surface area (Å²) < 4.78 is 0. The van der Waals surface area contributed by atoms with E-state index < -0.39 is 0 Å². The molecule has 13 heavy (non-hydrogen) atoms. The van der Waals surface area contributed by atoms with Crippen LogP contribution < -0.4 is 0 Å². The van der Waals surface area contributed by atoms with Crippen molar-refractivity contribution in [3.63, 3.8) is 0 Å². The predicted octanol–water partition coefficient (Wildman–Crippen LogP) is 4.76. The topological polar surface area (TPSA) is 0 Å². The van der Waals surface area contributed by atoms with Gasteiger partial charge in [0.15, 0.2) is 0 Å². The summed E-state index contributed by atoms with van der Waals surface area (Å²) in [4.78, 5) is 0. The van der Waals surface area contributed by atoms with Crippen LogP contribution in [0.25, 0.3) is 0 Å². The number of rotatable bonds is 10. The molecule has 0 saturated carbocycles. The van der Waals surface area contributed by atoms with Gasteiger partial charge < -0.3 is 0 Å². The lowest BCUT2D eigenvalue weighted by Crippen LogP contribution is -1.81. The first kappa shape index (κ1) is 13.0. The molecule has 0 nitrogen and oxygen atoms in total. The zero-order valence-electron chi connectivity index (χ0n) is 9.06. The summed E-state index contributed by atoms with van der Waals surface area (Å²) in [7, 11) is 0. The summed E-state index contributed by atoms with van der Waals surface area (Å²) in [5, 5.41) is 0. The van der Waals surface area contributed by atoms with Gasteiger partial charge in [0.05, 0.1) is 0 Å². The number of unbranched alkanes of at least 4 members (excludes halogenated alkanes) is 10. The molecule has 0 bridgehead atoms. The molecule has 0 atom stereocenters. The molecule has 0 saturated heterocycles. The summed E-state index contributed by atoms with van der Waals surface area (Å²) in [5.74, 6) is 0. The van der Waals surface area contributed by atoms with Gasteiger partial charge in [0.1, 0.15) is 0 Å². The van der Waals surface area contributed by atoms with Crippen molar-refractivity contribution in [3.8, 4) is 0 Å². The van der Waals surface area contributed by atoms with Gasteiger partial charge in [-0.25, -0.2) is 0 Å². The monoisotopic (exact) mass is 181 g/mol. The molecular formula is C13H25. The van der Waals surface area contributed by atoms with Gasteiger partial charge in [0.2, 0.25) is 0 Å². The minimum atomic E-state index is 1.06. The molecule has 3 radical (unpaired) electrons. The molecule has 0 aliphatic rings. The normalized spacial score (nSPS) is 10.6. The van der Waals surface area contributed by atoms with E-state index in [2.05, 4.69) is 20.3 Å². The zero-order chi connectivity index (χ0) is 9.78. The maximum Gasteiger partial charge on any atom is -0.0386 e. The molecule has 0 rings (SSSR count). The maximum atomic E-state index is 3.84. The fraction of sp³-hybridized carbons (Fsp3) is 0.769. The van der Waals surface area contributed by atoms with Gasteiger partial charge in [-0.3, -0.25) is 0 Å². The largest absolute Gasteiger partial charge is 0.0533 e. The highest BCUT2D eigenvalue weighted by Crippen LogP contribution is 2.10. The predicted molar refractivity (Wildman–Crippen MR) is 61.2 cm³/mol. The van der Waals surface area contributed by atoms with Crippen LogP contribution in [0.5, 0.6) is 0 Å². The molecule has 0 heterocycles. The van der Waals surface area contributed by atoms with Crippen molar-refractivity contribution in [1.29, 1.82) is 0 Å². The Kier molecular flexibility index (Phi) is 12.0. The minimum absolute atomic E-state index is 1.06. The summed E-state index contributed by atoms with van der Waals surface area (Å²) in [6.45, 7) is 7.66. The third-order valence-electron chi connectivity index (χ3n) is 2.32. The Bertz CT molecular complexity index is 66.1. The van der Waals surface area contributed by atoms with E-state index in [1.807, 2.05) is 0 Å². The van der Waals surface area contributed by atoms with E-state index in [-0.39, 0.29) is 0 Å². The Balaban J connectivity index is 2.76. The number of hydrogen-bond donors (Lipinski definition) is 0. The van der Waals surface area contributed by atoms with Crippen LogP contribution in [0.3, 0.4) is 0 Å². The Morgan fingerprint density at radius 1 is 0.615 bits per heavy atom. The van der Waals surface area contributed by atoms with E-state index in [1.54, 1.807) is 0 Å². The third-order valence-corrected chi connectivity index (χ3v) is 2.32. The SMILES string of the molecule is [CH2]CC[CH]CCCCCCCC[CH2]. The van der Waals surface area contributed by atoms with Gasteiger partial charge in [-0.15, -0.1) is 0 Å². The smallest absolute Gasteiger partial charge is 0.0386 e. The van der Waals surface area contributed by atoms with E-state index in [0.717, 1.165) is 12.8 Å². The maximum absolute atomic E-state index is 3.84. The fourth-order valence-corrected chi connectivity index (χ4v) is 1.46. The zero-order valence-corrected chi connectivity index (χ0v) is 9.06. The van der Waals surface area contributed by atoms with Crippen molar-refractivity contribution in [1.82, 2.24) is 0 Å². The van der Waals surface area contributed by atoms with Gasteiger partial charge in [0, 0.05) is 0 Å². The molecule has 0 aliphatic heterocycles. The van der Waals surface area contributed by atoms with E-state index in [9.17, 15) is 0 Å². The molecule has 0 fully saturated rings. The summed E-state index contributed by atoms with van der Waals surface area (Å²) in [5.41, 5.74) is 0. The van der Waals surface area contributed by atoms with Gasteiger partial charge in [-0.1, -0.05) is 78.1 Å². The summed E-state index contributed by atoms with van der Waals surface area (Å²) >= 11 is 0. The van der Waals surface area contributed by atoms with Crippen LogP contribution in [0, 0.1) is 20.3 Å². The van der Waals surface area contributed by atoms with Gasteiger partial charge in [0.25, 0.3) is 0 Å². The van der Waals surface area contributed by atoms with Gasteiger partial charge >= 0.3 is 0 Å². The van der Waals surface area contributed by atoms with Crippen LogP contribution in [-0.4, -0.2) is 0 Å². The average Bonchev–Trinajstić information content (AvgIpc) is 2.16. The quantitative estimate of drug-likeness (QED) is 0.426. The van der Waals surface area contributed by atoms with Crippen molar-refractivity contribution in [2.24, 2.45) is 0 Å². The van der Waals surface area contributed by atoms with Gasteiger partial charge in [-0.05, 0) is 6.42 Å². The Morgan fingerprint density at radius 3 is 1.85 bits per heavy atom. The van der Waals surface area contributed by atoms with E-state index >= 15 is 0 Å². The molecule has 0 aromatic heterocycles. The standard InChI is InChI=1S/C13H25/c1-3-5-7-9-11-13-12-10-8-6-4-2/h7H,1-6,8-13H2. The van der Waals surface area contributed by atoms with Crippen LogP contribution >= 0.6 is 0 Å². The molecule has 0 amide bonds. The molecule has 0 aromatic carbocycles. The Labute approximate surface area is 85.1 Å². The van der Waals surface area contributed by atoms with E-state index in [1.165, 1.54) is 51.4 Å². The lowest BCUT2D eigenvalue weighted by atomic mass is 10.1. The Morgan fingerprint density at radius 2 is 1.23 bits per heavy atom. The van der Waals surface area contributed by atoms with Crippen molar-refractivity contribution in [3.05, 3.63) is 20.3 Å². The molecule has 0 aliphatic carbocycles. The highest BCUT2D eigenvalue weighted by molar-refractivity contribution is 4.64. The molecule has 0 aromatic rings. The summed E-state index contributed by atoms with van der Waals surface area (Å²) in [6.07, 6.45) is 15.3. The van der Waals surface area contributed by atoms with Gasteiger partial charge in [-0.2, -0.15) is 0 Å². The molecule has 0 heteroatoms. The molecule has 0 spiro atoms. The van der Waals surface area contributed by atoms with Crippen LogP contribution in [0.1, 0.15) is 64.2 Å². The van der Waals surface area contributed by atoms with Crippen molar-refractivity contribution >= 4 is 0 Å². The van der Waals surface area contributed by atoms with Crippen molar-refractivity contribution in [2.45, 2.75) is 64.2 Å². The second kappa shape index (κ2) is 12.0.